The van der Waals surface area contributed by atoms with Crippen molar-refractivity contribution in [3.05, 3.63) is 64.3 Å². The van der Waals surface area contributed by atoms with Crippen LogP contribution in [0.4, 0.5) is 0 Å². The first kappa shape index (κ1) is 16.0. The maximum absolute atomic E-state index is 10.6. The number of hydrogen-bond acceptors (Lipinski definition) is 1. The third-order valence-corrected chi connectivity index (χ3v) is 3.19. The minimum Gasteiger partial charge on any atom is -0.478 e. The average Bonchev–Trinajstić information content (AvgIpc) is 2.33. The maximum atomic E-state index is 10.6. The normalized spacial score (nSPS) is 13.6. The van der Waals surface area contributed by atoms with Gasteiger partial charge in [0.2, 0.25) is 0 Å². The van der Waals surface area contributed by atoms with Gasteiger partial charge in [-0.15, -0.1) is 0 Å². The van der Waals surface area contributed by atoms with Crippen LogP contribution in [0, 0.1) is 13.8 Å². The number of hydrogen-bond donors (Lipinski definition) is 1. The van der Waals surface area contributed by atoms with Crippen molar-refractivity contribution in [3.8, 4) is 0 Å². The van der Waals surface area contributed by atoms with Crippen molar-refractivity contribution in [2.75, 3.05) is 0 Å². The molecule has 0 aliphatic carbocycles. The Balaban J connectivity index is 3.06. The summed E-state index contributed by atoms with van der Waals surface area (Å²) in [5.41, 5.74) is 6.77. The minimum atomic E-state index is -0.917. The number of carboxylic acid groups (broad SMARTS) is 1. The van der Waals surface area contributed by atoms with Gasteiger partial charge in [0.05, 0.1) is 0 Å². The number of carboxylic acids is 1. The van der Waals surface area contributed by atoms with Crippen LogP contribution in [0.3, 0.4) is 0 Å². The summed E-state index contributed by atoms with van der Waals surface area (Å²) >= 11 is 0. The van der Waals surface area contributed by atoms with Gasteiger partial charge in [-0.3, -0.25) is 0 Å². The standard InChI is InChI=1S/C18H22O2/c1-12(11-18(19)20)6-7-15(4)16(5)17-9-13(2)8-14(3)10-17/h6-11H,1-5H3,(H,19,20)/b7-6+,12-11+,16-15-. The Morgan fingerprint density at radius 3 is 2.05 bits per heavy atom. The maximum Gasteiger partial charge on any atom is 0.328 e. The summed E-state index contributed by atoms with van der Waals surface area (Å²) in [5, 5.41) is 8.68. The van der Waals surface area contributed by atoms with Crippen molar-refractivity contribution in [1.82, 2.24) is 0 Å². The highest BCUT2D eigenvalue weighted by molar-refractivity contribution is 5.81. The molecule has 1 aromatic carbocycles. The molecule has 0 spiro atoms. The van der Waals surface area contributed by atoms with E-state index >= 15 is 0 Å². The molecule has 106 valence electrons. The molecule has 20 heavy (non-hydrogen) atoms. The second-order valence-electron chi connectivity index (χ2n) is 5.24. The Hall–Kier alpha value is -2.09. The molecule has 0 bridgehead atoms. The van der Waals surface area contributed by atoms with Crippen molar-refractivity contribution in [2.45, 2.75) is 34.6 Å². The van der Waals surface area contributed by atoms with Crippen molar-refractivity contribution in [2.24, 2.45) is 0 Å². The van der Waals surface area contributed by atoms with Gasteiger partial charge in [-0.2, -0.15) is 0 Å². The second kappa shape index (κ2) is 6.90. The zero-order chi connectivity index (χ0) is 15.3. The molecule has 1 rings (SSSR count). The molecule has 1 aromatic rings. The van der Waals surface area contributed by atoms with Gasteiger partial charge in [0.1, 0.15) is 0 Å². The summed E-state index contributed by atoms with van der Waals surface area (Å²) in [6, 6.07) is 6.49. The van der Waals surface area contributed by atoms with Crippen LogP contribution in [-0.4, -0.2) is 11.1 Å². The summed E-state index contributed by atoms with van der Waals surface area (Å²) in [6.45, 7) is 10.1. The van der Waals surface area contributed by atoms with E-state index in [0.717, 1.165) is 11.1 Å². The third kappa shape index (κ3) is 4.88. The molecule has 0 amide bonds. The van der Waals surface area contributed by atoms with E-state index in [1.807, 2.05) is 19.1 Å². The molecule has 0 radical (unpaired) electrons. The minimum absolute atomic E-state index is 0.727. The van der Waals surface area contributed by atoms with E-state index in [1.54, 1.807) is 6.92 Å². The molecule has 0 aromatic heterocycles. The monoisotopic (exact) mass is 270 g/mol. The van der Waals surface area contributed by atoms with Crippen LogP contribution in [0.5, 0.6) is 0 Å². The molecule has 0 heterocycles. The first-order valence-corrected chi connectivity index (χ1v) is 6.65. The molecule has 0 atom stereocenters. The summed E-state index contributed by atoms with van der Waals surface area (Å²) in [6.07, 6.45) is 4.99. The van der Waals surface area contributed by atoms with E-state index in [-0.39, 0.29) is 0 Å². The van der Waals surface area contributed by atoms with Crippen LogP contribution < -0.4 is 0 Å². The van der Waals surface area contributed by atoms with Crippen molar-refractivity contribution >= 4 is 11.5 Å². The predicted octanol–water partition coefficient (Wildman–Crippen LogP) is 4.68. The quantitative estimate of drug-likeness (QED) is 0.637. The Morgan fingerprint density at radius 1 is 1.00 bits per heavy atom. The van der Waals surface area contributed by atoms with Crippen LogP contribution in [0.2, 0.25) is 0 Å². The molecule has 0 unspecified atom stereocenters. The van der Waals surface area contributed by atoms with E-state index in [0.29, 0.717) is 0 Å². The number of carbonyl (C=O) groups is 1. The third-order valence-electron chi connectivity index (χ3n) is 3.19. The van der Waals surface area contributed by atoms with Crippen LogP contribution >= 0.6 is 0 Å². The van der Waals surface area contributed by atoms with Gasteiger partial charge in [-0.1, -0.05) is 41.5 Å². The topological polar surface area (TPSA) is 37.3 Å². The summed E-state index contributed by atoms with van der Waals surface area (Å²) in [4.78, 5) is 10.6. The van der Waals surface area contributed by atoms with E-state index < -0.39 is 5.97 Å². The first-order chi connectivity index (χ1) is 9.29. The Bertz CT molecular complexity index is 582. The van der Waals surface area contributed by atoms with Crippen LogP contribution in [0.25, 0.3) is 5.57 Å². The largest absolute Gasteiger partial charge is 0.478 e. The van der Waals surface area contributed by atoms with E-state index in [1.165, 1.54) is 28.3 Å². The zero-order valence-corrected chi connectivity index (χ0v) is 12.8. The molecule has 1 N–H and O–H groups in total. The molecular weight excluding hydrogens is 248 g/mol. The summed E-state index contributed by atoms with van der Waals surface area (Å²) in [7, 11) is 0. The number of allylic oxidation sites excluding steroid dienone is 5. The van der Waals surface area contributed by atoms with Crippen molar-refractivity contribution < 1.29 is 9.90 Å². The molecule has 0 saturated carbocycles. The number of rotatable bonds is 4. The lowest BCUT2D eigenvalue weighted by Crippen LogP contribution is -1.89. The van der Waals surface area contributed by atoms with Gasteiger partial charge in [-0.05, 0) is 56.9 Å². The summed E-state index contributed by atoms with van der Waals surface area (Å²) in [5.74, 6) is -0.917. The summed E-state index contributed by atoms with van der Waals surface area (Å²) < 4.78 is 0. The van der Waals surface area contributed by atoms with Gasteiger partial charge in [0.15, 0.2) is 0 Å². The average molecular weight is 270 g/mol. The fourth-order valence-electron chi connectivity index (χ4n) is 2.04. The van der Waals surface area contributed by atoms with Gasteiger partial charge in [0, 0.05) is 6.08 Å². The highest BCUT2D eigenvalue weighted by Crippen LogP contribution is 2.21. The Labute approximate surface area is 121 Å². The van der Waals surface area contributed by atoms with Gasteiger partial charge < -0.3 is 5.11 Å². The van der Waals surface area contributed by atoms with Gasteiger partial charge >= 0.3 is 5.97 Å². The Kier molecular flexibility index (Phi) is 5.51. The first-order valence-electron chi connectivity index (χ1n) is 6.65. The lowest BCUT2D eigenvalue weighted by molar-refractivity contribution is -0.131. The Morgan fingerprint density at radius 2 is 1.55 bits per heavy atom. The number of aryl methyl sites for hydroxylation is 2. The van der Waals surface area contributed by atoms with Crippen LogP contribution in [-0.2, 0) is 4.79 Å². The van der Waals surface area contributed by atoms with E-state index in [9.17, 15) is 4.79 Å². The SMILES string of the molecule is CC(/C=C/C(C)=C/C(=O)O)=C(\C)c1cc(C)cc(C)c1. The molecular formula is C18H22O2. The second-order valence-corrected chi connectivity index (χ2v) is 5.24. The number of aliphatic carboxylic acids is 1. The molecule has 0 fully saturated rings. The highest BCUT2D eigenvalue weighted by atomic mass is 16.4. The zero-order valence-electron chi connectivity index (χ0n) is 12.8. The lowest BCUT2D eigenvalue weighted by Gasteiger charge is -2.08. The van der Waals surface area contributed by atoms with Crippen LogP contribution in [0.1, 0.15) is 37.5 Å². The number of benzene rings is 1. The molecule has 0 saturated heterocycles. The highest BCUT2D eigenvalue weighted by Gasteiger charge is 2.01. The molecule has 0 aliphatic heterocycles. The lowest BCUT2D eigenvalue weighted by atomic mass is 9.98. The van der Waals surface area contributed by atoms with Gasteiger partial charge in [-0.25, -0.2) is 4.79 Å². The molecule has 0 aliphatic rings. The van der Waals surface area contributed by atoms with E-state index in [2.05, 4.69) is 39.0 Å². The fourth-order valence-corrected chi connectivity index (χ4v) is 2.04. The van der Waals surface area contributed by atoms with Gasteiger partial charge in [0.25, 0.3) is 0 Å². The van der Waals surface area contributed by atoms with Crippen LogP contribution in [0.15, 0.2) is 47.6 Å². The fraction of sp³-hybridized carbons (Fsp3) is 0.278. The van der Waals surface area contributed by atoms with Crippen molar-refractivity contribution in [3.63, 3.8) is 0 Å². The van der Waals surface area contributed by atoms with E-state index in [4.69, 9.17) is 5.11 Å². The smallest absolute Gasteiger partial charge is 0.328 e. The molecule has 2 heteroatoms. The predicted molar refractivity (Wildman–Crippen MR) is 84.7 cm³/mol. The van der Waals surface area contributed by atoms with Crippen molar-refractivity contribution in [1.29, 1.82) is 0 Å². The molecule has 2 nitrogen and oxygen atoms in total.